The van der Waals surface area contributed by atoms with Gasteiger partial charge in [-0.3, -0.25) is 0 Å². The summed E-state index contributed by atoms with van der Waals surface area (Å²) >= 11 is 6.46. The summed E-state index contributed by atoms with van der Waals surface area (Å²) in [5.41, 5.74) is 0.573. The van der Waals surface area contributed by atoms with Crippen molar-refractivity contribution in [3.05, 3.63) is 34.3 Å². The maximum absolute atomic E-state index is 11.3. The van der Waals surface area contributed by atoms with Gasteiger partial charge in [-0.05, 0) is 24.3 Å². The van der Waals surface area contributed by atoms with Crippen LogP contribution in [-0.4, -0.2) is 17.9 Å². The van der Waals surface area contributed by atoms with E-state index in [1.165, 1.54) is 0 Å². The van der Waals surface area contributed by atoms with Crippen molar-refractivity contribution in [3.63, 3.8) is 0 Å². The Hall–Kier alpha value is -0.350. The number of carbonyl (C=O) groups is 1. The Balaban J connectivity index is 2.61. The van der Waals surface area contributed by atoms with Crippen molar-refractivity contribution < 1.29 is 9.53 Å². The molecule has 0 aliphatic carbocycles. The van der Waals surface area contributed by atoms with Crippen LogP contribution in [0.2, 0.25) is 0 Å². The van der Waals surface area contributed by atoms with Crippen LogP contribution in [-0.2, 0) is 4.74 Å². The second kappa shape index (κ2) is 5.40. The molecule has 0 spiro atoms. The molecule has 0 atom stereocenters. The summed E-state index contributed by atoms with van der Waals surface area (Å²) in [5.74, 6) is -0.285. The van der Waals surface area contributed by atoms with E-state index in [0.29, 0.717) is 17.5 Å². The van der Waals surface area contributed by atoms with Gasteiger partial charge in [0.2, 0.25) is 0 Å². The molecule has 0 fully saturated rings. The maximum atomic E-state index is 11.3. The minimum atomic E-state index is -0.285. The first kappa shape index (κ1) is 10.7. The van der Waals surface area contributed by atoms with Gasteiger partial charge < -0.3 is 4.74 Å². The van der Waals surface area contributed by atoms with Crippen molar-refractivity contribution in [1.82, 2.24) is 0 Å². The lowest BCUT2D eigenvalue weighted by Gasteiger charge is -2.01. The first-order valence-electron chi connectivity index (χ1n) is 3.72. The highest BCUT2D eigenvalue weighted by Gasteiger charge is 2.04. The van der Waals surface area contributed by atoms with Crippen LogP contribution < -0.4 is 0 Å². The average Bonchev–Trinajstić information content (AvgIpc) is 2.15. The monoisotopic (exact) mass is 306 g/mol. The molecule has 1 rings (SSSR count). The summed E-state index contributed by atoms with van der Waals surface area (Å²) < 4.78 is 5.86. The Morgan fingerprint density at radius 3 is 2.46 bits per heavy atom. The van der Waals surface area contributed by atoms with Crippen LogP contribution in [0.4, 0.5) is 0 Å². The SMILES string of the molecule is O=C(OCCBr)c1ccc(Br)cc1. The van der Waals surface area contributed by atoms with Crippen LogP contribution in [0.3, 0.4) is 0 Å². The molecule has 2 nitrogen and oxygen atoms in total. The third-order valence-electron chi connectivity index (χ3n) is 1.39. The summed E-state index contributed by atoms with van der Waals surface area (Å²) in [6.07, 6.45) is 0. The van der Waals surface area contributed by atoms with Crippen LogP contribution in [0, 0.1) is 0 Å². The number of hydrogen-bond donors (Lipinski definition) is 0. The van der Waals surface area contributed by atoms with E-state index in [1.54, 1.807) is 12.1 Å². The molecule has 1 aromatic rings. The fraction of sp³-hybridized carbons (Fsp3) is 0.222. The van der Waals surface area contributed by atoms with E-state index in [0.717, 1.165) is 4.47 Å². The van der Waals surface area contributed by atoms with Crippen molar-refractivity contribution >= 4 is 37.8 Å². The standard InChI is InChI=1S/C9H8Br2O2/c10-5-6-13-9(12)7-1-3-8(11)4-2-7/h1-4H,5-6H2. The molecule has 0 aliphatic heterocycles. The van der Waals surface area contributed by atoms with Gasteiger partial charge in [-0.25, -0.2) is 4.79 Å². The van der Waals surface area contributed by atoms with Gasteiger partial charge in [0.25, 0.3) is 0 Å². The zero-order valence-corrected chi connectivity index (χ0v) is 9.97. The van der Waals surface area contributed by atoms with Gasteiger partial charge >= 0.3 is 5.97 Å². The lowest BCUT2D eigenvalue weighted by Crippen LogP contribution is -2.06. The Labute approximate surface area is 93.5 Å². The van der Waals surface area contributed by atoms with E-state index in [1.807, 2.05) is 12.1 Å². The second-order valence-electron chi connectivity index (χ2n) is 2.33. The van der Waals surface area contributed by atoms with Crippen LogP contribution >= 0.6 is 31.9 Å². The van der Waals surface area contributed by atoms with Gasteiger partial charge in [0.15, 0.2) is 0 Å². The molecule has 0 N–H and O–H groups in total. The van der Waals surface area contributed by atoms with Gasteiger partial charge in [0.05, 0.1) is 5.56 Å². The fourth-order valence-corrected chi connectivity index (χ4v) is 1.23. The lowest BCUT2D eigenvalue weighted by atomic mass is 10.2. The summed E-state index contributed by atoms with van der Waals surface area (Å²) in [4.78, 5) is 11.3. The molecule has 1 aromatic carbocycles. The Kier molecular flexibility index (Phi) is 4.45. The summed E-state index contributed by atoms with van der Waals surface area (Å²) in [5, 5.41) is 0.662. The number of esters is 1. The van der Waals surface area contributed by atoms with Crippen LogP contribution in [0.5, 0.6) is 0 Å². The Morgan fingerprint density at radius 1 is 1.31 bits per heavy atom. The fourth-order valence-electron chi connectivity index (χ4n) is 0.801. The highest BCUT2D eigenvalue weighted by Crippen LogP contribution is 2.11. The quantitative estimate of drug-likeness (QED) is 0.634. The van der Waals surface area contributed by atoms with E-state index in [2.05, 4.69) is 31.9 Å². The molecular weight excluding hydrogens is 300 g/mol. The molecular formula is C9H8Br2O2. The zero-order valence-electron chi connectivity index (χ0n) is 6.80. The second-order valence-corrected chi connectivity index (χ2v) is 4.04. The van der Waals surface area contributed by atoms with E-state index < -0.39 is 0 Å². The molecule has 0 aromatic heterocycles. The molecule has 70 valence electrons. The Bertz CT molecular complexity index is 282. The van der Waals surface area contributed by atoms with Crippen molar-refractivity contribution in [2.24, 2.45) is 0 Å². The van der Waals surface area contributed by atoms with Crippen LogP contribution in [0.1, 0.15) is 10.4 Å². The minimum absolute atomic E-state index is 0.285. The molecule has 0 radical (unpaired) electrons. The average molecular weight is 308 g/mol. The maximum Gasteiger partial charge on any atom is 0.338 e. The van der Waals surface area contributed by atoms with Gasteiger partial charge in [0, 0.05) is 9.80 Å². The van der Waals surface area contributed by atoms with E-state index in [9.17, 15) is 4.79 Å². The summed E-state index contributed by atoms with van der Waals surface area (Å²) in [6, 6.07) is 7.07. The number of ether oxygens (including phenoxy) is 1. The smallest absolute Gasteiger partial charge is 0.338 e. The Morgan fingerprint density at radius 2 is 1.92 bits per heavy atom. The highest BCUT2D eigenvalue weighted by molar-refractivity contribution is 9.10. The van der Waals surface area contributed by atoms with Crippen molar-refractivity contribution in [3.8, 4) is 0 Å². The molecule has 0 amide bonds. The van der Waals surface area contributed by atoms with E-state index in [4.69, 9.17) is 4.74 Å². The summed E-state index contributed by atoms with van der Waals surface area (Å²) in [7, 11) is 0. The van der Waals surface area contributed by atoms with Crippen molar-refractivity contribution in [1.29, 1.82) is 0 Å². The number of benzene rings is 1. The number of halogens is 2. The van der Waals surface area contributed by atoms with Gasteiger partial charge in [-0.2, -0.15) is 0 Å². The molecule has 0 bridgehead atoms. The van der Waals surface area contributed by atoms with Crippen LogP contribution in [0.15, 0.2) is 28.7 Å². The number of rotatable bonds is 3. The predicted octanol–water partition coefficient (Wildman–Crippen LogP) is 3.00. The largest absolute Gasteiger partial charge is 0.461 e. The molecule has 0 unspecified atom stereocenters. The topological polar surface area (TPSA) is 26.3 Å². The third-order valence-corrected chi connectivity index (χ3v) is 2.24. The molecule has 0 heterocycles. The number of alkyl halides is 1. The van der Waals surface area contributed by atoms with Gasteiger partial charge in [-0.15, -0.1) is 0 Å². The van der Waals surface area contributed by atoms with Gasteiger partial charge in [0.1, 0.15) is 6.61 Å². The lowest BCUT2D eigenvalue weighted by molar-refractivity contribution is 0.0531. The third kappa shape index (κ3) is 3.48. The van der Waals surface area contributed by atoms with Crippen molar-refractivity contribution in [2.45, 2.75) is 0 Å². The van der Waals surface area contributed by atoms with Crippen LogP contribution in [0.25, 0.3) is 0 Å². The molecule has 0 saturated heterocycles. The van der Waals surface area contributed by atoms with E-state index in [-0.39, 0.29) is 5.97 Å². The first-order chi connectivity index (χ1) is 6.24. The van der Waals surface area contributed by atoms with E-state index >= 15 is 0 Å². The molecule has 4 heteroatoms. The molecule has 0 aliphatic rings. The number of hydrogen-bond acceptors (Lipinski definition) is 2. The van der Waals surface area contributed by atoms with Gasteiger partial charge in [-0.1, -0.05) is 31.9 Å². The normalized spacial score (nSPS) is 9.69. The first-order valence-corrected chi connectivity index (χ1v) is 5.64. The van der Waals surface area contributed by atoms with Crippen molar-refractivity contribution in [2.75, 3.05) is 11.9 Å². The molecule has 0 saturated carbocycles. The molecule has 13 heavy (non-hydrogen) atoms. The highest BCUT2D eigenvalue weighted by atomic mass is 79.9. The minimum Gasteiger partial charge on any atom is -0.461 e. The number of carbonyl (C=O) groups excluding carboxylic acids is 1. The predicted molar refractivity (Wildman–Crippen MR) is 58.2 cm³/mol. The zero-order chi connectivity index (χ0) is 9.68. The summed E-state index contributed by atoms with van der Waals surface area (Å²) in [6.45, 7) is 0.398.